The number of hydrogen-bond acceptors (Lipinski definition) is 4. The summed E-state index contributed by atoms with van der Waals surface area (Å²) in [5.41, 5.74) is 0.856. The molecule has 126 valence electrons. The summed E-state index contributed by atoms with van der Waals surface area (Å²) in [6, 6.07) is 6.46. The first kappa shape index (κ1) is 16.4. The second-order valence-electron chi connectivity index (χ2n) is 6.11. The molecule has 0 N–H and O–H groups in total. The number of carbonyl (C=O) groups excluding carboxylic acids is 1. The minimum absolute atomic E-state index is 0.123. The monoisotopic (exact) mass is 328 g/mol. The van der Waals surface area contributed by atoms with Crippen LogP contribution in [-0.2, 0) is 11.2 Å². The second kappa shape index (κ2) is 7.38. The average molecular weight is 328 g/mol. The Morgan fingerprint density at radius 1 is 1.25 bits per heavy atom. The Kier molecular flexibility index (Phi) is 5.03. The largest absolute Gasteiger partial charge is 0.352 e. The van der Waals surface area contributed by atoms with Crippen LogP contribution in [0.1, 0.15) is 12.5 Å². The lowest BCUT2D eigenvalue weighted by atomic mass is 9.99. The number of halogens is 1. The fourth-order valence-corrected chi connectivity index (χ4v) is 3.03. The van der Waals surface area contributed by atoms with Crippen molar-refractivity contribution in [3.05, 3.63) is 54.2 Å². The van der Waals surface area contributed by atoms with Crippen LogP contribution in [0.2, 0.25) is 0 Å². The van der Waals surface area contributed by atoms with E-state index in [1.165, 1.54) is 12.1 Å². The van der Waals surface area contributed by atoms with Gasteiger partial charge in [-0.05, 0) is 24.1 Å². The molecular weight excluding hydrogens is 307 g/mol. The van der Waals surface area contributed by atoms with Crippen molar-refractivity contribution in [1.82, 2.24) is 14.9 Å². The number of piperazine rings is 1. The molecule has 2 aromatic rings. The van der Waals surface area contributed by atoms with Crippen molar-refractivity contribution < 1.29 is 9.18 Å². The van der Waals surface area contributed by atoms with Gasteiger partial charge in [-0.1, -0.05) is 19.1 Å². The van der Waals surface area contributed by atoms with E-state index in [0.717, 1.165) is 24.5 Å². The summed E-state index contributed by atoms with van der Waals surface area (Å²) in [6.45, 7) is 4.74. The lowest BCUT2D eigenvalue weighted by molar-refractivity contribution is -0.135. The van der Waals surface area contributed by atoms with Crippen LogP contribution >= 0.6 is 0 Å². The molecule has 1 amide bonds. The van der Waals surface area contributed by atoms with Gasteiger partial charge in [0.05, 0.1) is 6.20 Å². The lowest BCUT2D eigenvalue weighted by Crippen LogP contribution is -2.50. The van der Waals surface area contributed by atoms with Crippen LogP contribution in [0, 0.1) is 11.7 Å². The van der Waals surface area contributed by atoms with E-state index in [4.69, 9.17) is 0 Å². The number of amides is 1. The van der Waals surface area contributed by atoms with Gasteiger partial charge in [0.25, 0.3) is 0 Å². The summed E-state index contributed by atoms with van der Waals surface area (Å²) < 4.78 is 13.3. The van der Waals surface area contributed by atoms with Crippen molar-refractivity contribution in [2.45, 2.75) is 13.3 Å². The summed E-state index contributed by atoms with van der Waals surface area (Å²) >= 11 is 0. The maximum Gasteiger partial charge on any atom is 0.225 e. The number of benzene rings is 1. The fourth-order valence-electron chi connectivity index (χ4n) is 3.03. The van der Waals surface area contributed by atoms with Crippen LogP contribution in [0.15, 0.2) is 42.9 Å². The maximum atomic E-state index is 13.3. The molecule has 2 heterocycles. The minimum Gasteiger partial charge on any atom is -0.352 e. The van der Waals surface area contributed by atoms with Crippen LogP contribution in [0.3, 0.4) is 0 Å². The van der Waals surface area contributed by atoms with Gasteiger partial charge in [0.2, 0.25) is 5.91 Å². The molecule has 3 rings (SSSR count). The Bertz CT molecular complexity index is 686. The van der Waals surface area contributed by atoms with Gasteiger partial charge < -0.3 is 9.80 Å². The predicted molar refractivity (Wildman–Crippen MR) is 90.1 cm³/mol. The molecule has 1 aromatic heterocycles. The molecule has 24 heavy (non-hydrogen) atoms. The fraction of sp³-hybridized carbons (Fsp3) is 0.389. The molecule has 6 heteroatoms. The Hall–Kier alpha value is -2.50. The highest BCUT2D eigenvalue weighted by Crippen LogP contribution is 2.16. The van der Waals surface area contributed by atoms with Gasteiger partial charge in [0.15, 0.2) is 0 Å². The molecule has 1 aliphatic heterocycles. The Balaban J connectivity index is 1.55. The first-order valence-electron chi connectivity index (χ1n) is 8.17. The molecule has 5 nitrogen and oxygen atoms in total. The third-order valence-electron chi connectivity index (χ3n) is 4.32. The number of carbonyl (C=O) groups is 1. The third kappa shape index (κ3) is 3.88. The highest BCUT2D eigenvalue weighted by molar-refractivity contribution is 5.79. The number of rotatable bonds is 4. The molecule has 1 saturated heterocycles. The highest BCUT2D eigenvalue weighted by Gasteiger charge is 2.25. The third-order valence-corrected chi connectivity index (χ3v) is 4.32. The number of hydrogen-bond donors (Lipinski definition) is 0. The van der Waals surface area contributed by atoms with Gasteiger partial charge in [0.1, 0.15) is 11.6 Å². The van der Waals surface area contributed by atoms with Crippen LogP contribution in [0.5, 0.6) is 0 Å². The van der Waals surface area contributed by atoms with E-state index in [1.807, 2.05) is 17.9 Å². The van der Waals surface area contributed by atoms with Gasteiger partial charge in [-0.3, -0.25) is 9.78 Å². The Labute approximate surface area is 141 Å². The van der Waals surface area contributed by atoms with Crippen molar-refractivity contribution in [2.24, 2.45) is 5.92 Å². The van der Waals surface area contributed by atoms with E-state index < -0.39 is 0 Å². The van der Waals surface area contributed by atoms with E-state index >= 15 is 0 Å². The zero-order valence-electron chi connectivity index (χ0n) is 13.7. The van der Waals surface area contributed by atoms with Gasteiger partial charge >= 0.3 is 0 Å². The summed E-state index contributed by atoms with van der Waals surface area (Å²) in [5, 5.41) is 0. The zero-order valence-corrected chi connectivity index (χ0v) is 13.7. The summed E-state index contributed by atoms with van der Waals surface area (Å²) in [5.74, 6) is 0.551. The molecule has 0 unspecified atom stereocenters. The van der Waals surface area contributed by atoms with E-state index in [1.54, 1.807) is 24.7 Å². The average Bonchev–Trinajstić information content (AvgIpc) is 2.62. The van der Waals surface area contributed by atoms with E-state index in [9.17, 15) is 9.18 Å². The molecule has 1 fully saturated rings. The summed E-state index contributed by atoms with van der Waals surface area (Å²) in [7, 11) is 0. The van der Waals surface area contributed by atoms with E-state index in [-0.39, 0.29) is 17.6 Å². The maximum absolute atomic E-state index is 13.3. The standard InChI is InChI=1S/C18H21FN4O/c1-14(11-15-3-2-4-16(19)12-15)18(24)23-9-7-22(8-10-23)17-13-20-5-6-21-17/h2-6,12-14H,7-11H2,1H3/t14-/m1/s1. The van der Waals surface area contributed by atoms with Gasteiger partial charge in [-0.2, -0.15) is 0 Å². The normalized spacial score (nSPS) is 16.1. The van der Waals surface area contributed by atoms with Crippen molar-refractivity contribution in [3.63, 3.8) is 0 Å². The Morgan fingerprint density at radius 3 is 2.71 bits per heavy atom. The second-order valence-corrected chi connectivity index (χ2v) is 6.11. The predicted octanol–water partition coefficient (Wildman–Crippen LogP) is 2.14. The summed E-state index contributed by atoms with van der Waals surface area (Å²) in [4.78, 5) is 25.0. The zero-order chi connectivity index (χ0) is 16.9. The SMILES string of the molecule is C[C@H](Cc1cccc(F)c1)C(=O)N1CCN(c2cnccn2)CC1. The molecular formula is C18H21FN4O. The van der Waals surface area contributed by atoms with E-state index in [2.05, 4.69) is 14.9 Å². The molecule has 0 saturated carbocycles. The van der Waals surface area contributed by atoms with E-state index in [0.29, 0.717) is 19.5 Å². The first-order chi connectivity index (χ1) is 11.6. The van der Waals surface area contributed by atoms with Gasteiger partial charge in [-0.25, -0.2) is 9.37 Å². The molecule has 0 aliphatic carbocycles. The molecule has 0 bridgehead atoms. The van der Waals surface area contributed by atoms with Crippen molar-refractivity contribution in [3.8, 4) is 0 Å². The topological polar surface area (TPSA) is 49.3 Å². The number of aromatic nitrogens is 2. The molecule has 1 aromatic carbocycles. The smallest absolute Gasteiger partial charge is 0.225 e. The minimum atomic E-state index is -0.260. The van der Waals surface area contributed by atoms with Gasteiger partial charge in [0, 0.05) is 44.5 Å². The van der Waals surface area contributed by atoms with Crippen LogP contribution in [0.4, 0.5) is 10.2 Å². The van der Waals surface area contributed by atoms with Crippen LogP contribution in [0.25, 0.3) is 0 Å². The number of nitrogens with zero attached hydrogens (tertiary/aromatic N) is 4. The number of anilines is 1. The molecule has 0 spiro atoms. The van der Waals surface area contributed by atoms with Crippen molar-refractivity contribution in [1.29, 1.82) is 0 Å². The highest BCUT2D eigenvalue weighted by atomic mass is 19.1. The summed E-state index contributed by atoms with van der Waals surface area (Å²) in [6.07, 6.45) is 5.62. The van der Waals surface area contributed by atoms with Gasteiger partial charge in [-0.15, -0.1) is 0 Å². The van der Waals surface area contributed by atoms with Crippen LogP contribution in [-0.4, -0.2) is 47.0 Å². The quantitative estimate of drug-likeness (QED) is 0.863. The van der Waals surface area contributed by atoms with Crippen LogP contribution < -0.4 is 4.90 Å². The van der Waals surface area contributed by atoms with Crippen molar-refractivity contribution in [2.75, 3.05) is 31.1 Å². The molecule has 0 radical (unpaired) electrons. The lowest BCUT2D eigenvalue weighted by Gasteiger charge is -2.36. The molecule has 1 aliphatic rings. The first-order valence-corrected chi connectivity index (χ1v) is 8.17. The molecule has 1 atom stereocenters. The Morgan fingerprint density at radius 2 is 2.04 bits per heavy atom. The van der Waals surface area contributed by atoms with Crippen molar-refractivity contribution >= 4 is 11.7 Å².